The van der Waals surface area contributed by atoms with Crippen LogP contribution in [-0.4, -0.2) is 32.9 Å². The van der Waals surface area contributed by atoms with Crippen molar-refractivity contribution in [1.82, 2.24) is 0 Å². The monoisotopic (exact) mass is 309 g/mol. The maximum absolute atomic E-state index is 11.7. The first-order chi connectivity index (χ1) is 8.58. The minimum absolute atomic E-state index is 0.139. The normalized spacial score (nSPS) is 12.1. The standard InChI is InChI=1S/C9H11NO7S2/c10-19(15,16)17-9-4-2-1-3-7(9)8(11)5-6-18(12,13)14/h1-4H,5-6H2,(H2,10,15,16)(H,12,13,14). The van der Waals surface area contributed by atoms with E-state index < -0.39 is 38.4 Å². The Morgan fingerprint density at radius 1 is 1.21 bits per heavy atom. The quantitative estimate of drug-likeness (QED) is 0.544. The van der Waals surface area contributed by atoms with Crippen LogP contribution in [-0.2, 0) is 20.4 Å². The summed E-state index contributed by atoms with van der Waals surface area (Å²) >= 11 is 0. The molecule has 0 saturated carbocycles. The van der Waals surface area contributed by atoms with Crippen LogP contribution in [0.4, 0.5) is 0 Å². The Balaban J connectivity index is 2.97. The molecule has 0 saturated heterocycles. The van der Waals surface area contributed by atoms with Crippen molar-refractivity contribution in [3.8, 4) is 5.75 Å². The summed E-state index contributed by atoms with van der Waals surface area (Å²) in [4.78, 5) is 11.7. The number of hydrogen-bond acceptors (Lipinski definition) is 6. The predicted octanol–water partition coefficient (Wildman–Crippen LogP) is -0.270. The summed E-state index contributed by atoms with van der Waals surface area (Å²) in [6, 6.07) is 5.31. The number of hydrogen-bond donors (Lipinski definition) is 2. The molecule has 10 heteroatoms. The Kier molecular flexibility index (Phi) is 4.63. The summed E-state index contributed by atoms with van der Waals surface area (Å²) in [5, 5.41) is 4.68. The fourth-order valence-electron chi connectivity index (χ4n) is 1.25. The van der Waals surface area contributed by atoms with Crippen molar-refractivity contribution >= 4 is 26.2 Å². The van der Waals surface area contributed by atoms with Crippen LogP contribution >= 0.6 is 0 Å². The van der Waals surface area contributed by atoms with Crippen molar-refractivity contribution in [2.24, 2.45) is 5.14 Å². The van der Waals surface area contributed by atoms with Gasteiger partial charge < -0.3 is 4.18 Å². The largest absolute Gasteiger partial charge is 0.380 e. The number of benzene rings is 1. The van der Waals surface area contributed by atoms with Crippen LogP contribution < -0.4 is 9.32 Å². The highest BCUT2D eigenvalue weighted by Gasteiger charge is 2.17. The molecule has 106 valence electrons. The van der Waals surface area contributed by atoms with Gasteiger partial charge in [0.2, 0.25) is 0 Å². The summed E-state index contributed by atoms with van der Waals surface area (Å²) < 4.78 is 55.6. The third-order valence-corrected chi connectivity index (χ3v) is 3.11. The predicted molar refractivity (Wildman–Crippen MR) is 65.5 cm³/mol. The molecule has 0 spiro atoms. The van der Waals surface area contributed by atoms with Gasteiger partial charge in [-0.15, -0.1) is 0 Å². The van der Waals surface area contributed by atoms with Crippen molar-refractivity contribution in [2.45, 2.75) is 6.42 Å². The molecule has 0 bridgehead atoms. The van der Waals surface area contributed by atoms with Gasteiger partial charge in [0.15, 0.2) is 11.5 Å². The van der Waals surface area contributed by atoms with Crippen LogP contribution in [0.2, 0.25) is 0 Å². The first-order valence-electron chi connectivity index (χ1n) is 4.88. The van der Waals surface area contributed by atoms with Crippen LogP contribution in [0.3, 0.4) is 0 Å². The van der Waals surface area contributed by atoms with Gasteiger partial charge in [-0.2, -0.15) is 22.0 Å². The number of carbonyl (C=O) groups excluding carboxylic acids is 1. The van der Waals surface area contributed by atoms with E-state index >= 15 is 0 Å². The topological polar surface area (TPSA) is 141 Å². The molecule has 0 amide bonds. The average Bonchev–Trinajstić information content (AvgIpc) is 2.23. The molecule has 0 aliphatic rings. The van der Waals surface area contributed by atoms with E-state index in [1.807, 2.05) is 0 Å². The molecule has 0 atom stereocenters. The van der Waals surface area contributed by atoms with E-state index in [0.29, 0.717) is 0 Å². The molecule has 0 heterocycles. The van der Waals surface area contributed by atoms with Crippen molar-refractivity contribution in [2.75, 3.05) is 5.75 Å². The SMILES string of the molecule is NS(=O)(=O)Oc1ccccc1C(=O)CCS(=O)(=O)O. The van der Waals surface area contributed by atoms with Crippen LogP contribution in [0, 0.1) is 0 Å². The number of carbonyl (C=O) groups is 1. The third-order valence-electron chi connectivity index (χ3n) is 1.98. The molecule has 0 aliphatic heterocycles. The molecule has 19 heavy (non-hydrogen) atoms. The average molecular weight is 309 g/mol. The second-order valence-electron chi connectivity index (χ2n) is 3.53. The van der Waals surface area contributed by atoms with Gasteiger partial charge in [-0.25, -0.2) is 0 Å². The Bertz CT molecular complexity index is 678. The molecule has 0 unspecified atom stereocenters. The van der Waals surface area contributed by atoms with E-state index in [9.17, 15) is 21.6 Å². The Labute approximate surface area is 110 Å². The highest BCUT2D eigenvalue weighted by Crippen LogP contribution is 2.20. The van der Waals surface area contributed by atoms with E-state index in [0.717, 1.165) is 0 Å². The van der Waals surface area contributed by atoms with Crippen LogP contribution in [0.1, 0.15) is 16.8 Å². The highest BCUT2D eigenvalue weighted by atomic mass is 32.2. The van der Waals surface area contributed by atoms with E-state index in [1.54, 1.807) is 0 Å². The Morgan fingerprint density at radius 3 is 2.32 bits per heavy atom. The molecule has 1 rings (SSSR count). The maximum atomic E-state index is 11.7. The van der Waals surface area contributed by atoms with E-state index in [-0.39, 0.29) is 11.3 Å². The zero-order valence-electron chi connectivity index (χ0n) is 9.51. The molecule has 8 nitrogen and oxygen atoms in total. The Morgan fingerprint density at radius 2 is 1.79 bits per heavy atom. The van der Waals surface area contributed by atoms with Crippen LogP contribution in [0.25, 0.3) is 0 Å². The minimum atomic E-state index is -4.30. The second kappa shape index (κ2) is 5.65. The molecule has 0 radical (unpaired) electrons. The van der Waals surface area contributed by atoms with Gasteiger partial charge in [-0.05, 0) is 12.1 Å². The van der Waals surface area contributed by atoms with Crippen LogP contribution in [0.5, 0.6) is 5.75 Å². The summed E-state index contributed by atoms with van der Waals surface area (Å²) in [5.74, 6) is -1.77. The van der Waals surface area contributed by atoms with Gasteiger partial charge in [0, 0.05) is 6.42 Å². The highest BCUT2D eigenvalue weighted by molar-refractivity contribution is 7.85. The zero-order chi connectivity index (χ0) is 14.7. The van der Waals surface area contributed by atoms with Gasteiger partial charge >= 0.3 is 10.3 Å². The van der Waals surface area contributed by atoms with Gasteiger partial charge in [-0.3, -0.25) is 9.35 Å². The third kappa shape index (κ3) is 5.79. The van der Waals surface area contributed by atoms with Crippen molar-refractivity contribution in [3.63, 3.8) is 0 Å². The number of ketones is 1. The summed E-state index contributed by atoms with van der Waals surface area (Å²) in [7, 11) is -8.58. The molecule has 1 aromatic carbocycles. The molecule has 1 aromatic rings. The van der Waals surface area contributed by atoms with E-state index in [1.165, 1.54) is 24.3 Å². The van der Waals surface area contributed by atoms with Crippen molar-refractivity contribution in [3.05, 3.63) is 29.8 Å². The lowest BCUT2D eigenvalue weighted by Gasteiger charge is -2.07. The molecule has 0 aliphatic carbocycles. The number of nitrogens with two attached hydrogens (primary N) is 1. The first kappa shape index (κ1) is 15.6. The zero-order valence-corrected chi connectivity index (χ0v) is 11.1. The summed E-state index contributed by atoms with van der Waals surface area (Å²) in [6.45, 7) is 0. The van der Waals surface area contributed by atoms with E-state index in [4.69, 9.17) is 4.55 Å². The smallest absolute Gasteiger partial charge is 0.370 e. The van der Waals surface area contributed by atoms with Gasteiger partial charge in [-0.1, -0.05) is 12.1 Å². The molecule has 3 N–H and O–H groups in total. The summed E-state index contributed by atoms with van der Waals surface area (Å²) in [6.07, 6.45) is -0.510. The molecule has 0 fully saturated rings. The molecule has 0 aromatic heterocycles. The number of rotatable bonds is 6. The second-order valence-corrected chi connectivity index (χ2v) is 6.26. The number of para-hydroxylation sites is 1. The number of Topliss-reactive ketones (excluding diaryl/α,β-unsaturated/α-hetero) is 1. The lowest BCUT2D eigenvalue weighted by molar-refractivity contribution is 0.0986. The lowest BCUT2D eigenvalue weighted by atomic mass is 10.1. The first-order valence-corrected chi connectivity index (χ1v) is 7.96. The van der Waals surface area contributed by atoms with Gasteiger partial charge in [0.05, 0.1) is 11.3 Å². The van der Waals surface area contributed by atoms with Gasteiger partial charge in [0.25, 0.3) is 10.1 Å². The molecular formula is C9H11NO7S2. The van der Waals surface area contributed by atoms with Crippen molar-refractivity contribution in [1.29, 1.82) is 0 Å². The Hall–Kier alpha value is -1.49. The lowest BCUT2D eigenvalue weighted by Crippen LogP contribution is -2.20. The fraction of sp³-hybridized carbons (Fsp3) is 0.222. The maximum Gasteiger partial charge on any atom is 0.380 e. The fourth-order valence-corrected chi connectivity index (χ4v) is 2.09. The molecular weight excluding hydrogens is 298 g/mol. The minimum Gasteiger partial charge on any atom is -0.370 e. The van der Waals surface area contributed by atoms with E-state index in [2.05, 4.69) is 9.32 Å². The van der Waals surface area contributed by atoms with Gasteiger partial charge in [0.1, 0.15) is 0 Å². The van der Waals surface area contributed by atoms with Crippen molar-refractivity contribution < 1.29 is 30.4 Å². The van der Waals surface area contributed by atoms with Crippen LogP contribution in [0.15, 0.2) is 24.3 Å². The summed E-state index contributed by atoms with van der Waals surface area (Å²) in [5.41, 5.74) is -0.139.